The summed E-state index contributed by atoms with van der Waals surface area (Å²) in [6, 6.07) is 9.11. The highest BCUT2D eigenvalue weighted by atomic mass is 79.9. The zero-order valence-corrected chi connectivity index (χ0v) is 19.1. The number of amides is 1. The molecule has 2 aromatic rings. The van der Waals surface area contributed by atoms with Crippen LogP contribution in [0.25, 0.3) is 0 Å². The monoisotopic (exact) mass is 492 g/mol. The van der Waals surface area contributed by atoms with Gasteiger partial charge in [-0.05, 0) is 77.0 Å². The van der Waals surface area contributed by atoms with Gasteiger partial charge in [0.2, 0.25) is 15.9 Å². The normalized spacial score (nSPS) is 18.0. The van der Waals surface area contributed by atoms with Gasteiger partial charge in [0.05, 0.1) is 11.4 Å². The maximum Gasteiger partial charge on any atom is 0.243 e. The molecule has 2 aliphatic rings. The molecule has 1 aliphatic carbocycles. The number of anilines is 1. The van der Waals surface area contributed by atoms with Crippen LogP contribution in [0.5, 0.6) is 0 Å². The largest absolute Gasteiger partial charge is 0.310 e. The molecular formula is C21H25BrN4O3S. The minimum Gasteiger partial charge on any atom is -0.310 e. The molecule has 30 heavy (non-hydrogen) atoms. The molecule has 0 spiro atoms. The number of piperazine rings is 1. The van der Waals surface area contributed by atoms with Crippen molar-refractivity contribution in [2.24, 2.45) is 0 Å². The van der Waals surface area contributed by atoms with Gasteiger partial charge in [-0.15, -0.1) is 0 Å². The number of sulfonamides is 1. The SMILES string of the molecule is O=C(CN1CCN(S(=O)(=O)c2ccc3c(c2)CCCC3)CC1)Nc1ccc(Br)cn1. The van der Waals surface area contributed by atoms with Crippen molar-refractivity contribution in [1.29, 1.82) is 0 Å². The van der Waals surface area contributed by atoms with E-state index in [0.29, 0.717) is 36.9 Å². The third kappa shape index (κ3) is 4.91. The number of nitrogens with zero attached hydrogens (tertiary/aromatic N) is 3. The maximum absolute atomic E-state index is 13.1. The van der Waals surface area contributed by atoms with Gasteiger partial charge in [-0.2, -0.15) is 4.31 Å². The lowest BCUT2D eigenvalue weighted by Crippen LogP contribution is -2.50. The van der Waals surface area contributed by atoms with Gasteiger partial charge >= 0.3 is 0 Å². The molecule has 1 fully saturated rings. The van der Waals surface area contributed by atoms with Gasteiger partial charge in [0.25, 0.3) is 0 Å². The summed E-state index contributed by atoms with van der Waals surface area (Å²) >= 11 is 3.31. The number of carbonyl (C=O) groups is 1. The molecular weight excluding hydrogens is 468 g/mol. The fraction of sp³-hybridized carbons (Fsp3) is 0.429. The van der Waals surface area contributed by atoms with Crippen molar-refractivity contribution in [1.82, 2.24) is 14.2 Å². The van der Waals surface area contributed by atoms with E-state index in [0.717, 1.165) is 23.7 Å². The first kappa shape index (κ1) is 21.4. The van der Waals surface area contributed by atoms with Gasteiger partial charge in [0.15, 0.2) is 0 Å². The van der Waals surface area contributed by atoms with Gasteiger partial charge in [0.1, 0.15) is 5.82 Å². The summed E-state index contributed by atoms with van der Waals surface area (Å²) in [5.74, 6) is 0.340. The molecule has 0 atom stereocenters. The van der Waals surface area contributed by atoms with Gasteiger partial charge < -0.3 is 5.32 Å². The summed E-state index contributed by atoms with van der Waals surface area (Å²) in [5, 5.41) is 2.77. The first-order valence-electron chi connectivity index (χ1n) is 10.2. The number of pyridine rings is 1. The van der Waals surface area contributed by atoms with Crippen LogP contribution in [0.4, 0.5) is 5.82 Å². The summed E-state index contributed by atoms with van der Waals surface area (Å²) in [4.78, 5) is 18.8. The van der Waals surface area contributed by atoms with Crippen molar-refractivity contribution in [3.8, 4) is 0 Å². The molecule has 0 unspecified atom stereocenters. The van der Waals surface area contributed by atoms with E-state index >= 15 is 0 Å². The summed E-state index contributed by atoms with van der Waals surface area (Å²) in [7, 11) is -3.51. The highest BCUT2D eigenvalue weighted by Crippen LogP contribution is 2.26. The van der Waals surface area contributed by atoms with E-state index in [2.05, 4.69) is 26.2 Å². The summed E-state index contributed by atoms with van der Waals surface area (Å²) < 4.78 is 28.5. The van der Waals surface area contributed by atoms with E-state index in [9.17, 15) is 13.2 Å². The van der Waals surface area contributed by atoms with E-state index in [1.807, 2.05) is 23.1 Å². The molecule has 0 bridgehead atoms. The number of halogens is 1. The summed E-state index contributed by atoms with van der Waals surface area (Å²) in [6.45, 7) is 2.01. The Morgan fingerprint density at radius 3 is 2.47 bits per heavy atom. The van der Waals surface area contributed by atoms with Crippen LogP contribution in [0.2, 0.25) is 0 Å². The standard InChI is InChI=1S/C21H25BrN4O3S/c22-18-6-8-20(23-14-18)24-21(27)15-25-9-11-26(12-10-25)30(28,29)19-7-5-16-3-1-2-4-17(16)13-19/h5-8,13-14H,1-4,9-12,15H2,(H,23,24,27). The van der Waals surface area contributed by atoms with Crippen LogP contribution < -0.4 is 5.32 Å². The first-order valence-corrected chi connectivity index (χ1v) is 12.4. The van der Waals surface area contributed by atoms with Gasteiger partial charge in [0, 0.05) is 36.8 Å². The fourth-order valence-electron chi connectivity index (χ4n) is 3.98. The van der Waals surface area contributed by atoms with Crippen LogP contribution in [-0.4, -0.2) is 61.2 Å². The lowest BCUT2D eigenvalue weighted by molar-refractivity contribution is -0.117. The Balaban J connectivity index is 1.33. The minimum atomic E-state index is -3.51. The highest BCUT2D eigenvalue weighted by Gasteiger charge is 2.29. The van der Waals surface area contributed by atoms with Crippen LogP contribution in [-0.2, 0) is 27.7 Å². The van der Waals surface area contributed by atoms with Crippen molar-refractivity contribution in [2.45, 2.75) is 30.6 Å². The number of fused-ring (bicyclic) bond motifs is 1. The van der Waals surface area contributed by atoms with Crippen LogP contribution in [0.3, 0.4) is 0 Å². The third-order valence-electron chi connectivity index (χ3n) is 5.65. The lowest BCUT2D eigenvalue weighted by atomic mass is 9.92. The number of rotatable bonds is 5. The zero-order valence-electron chi connectivity index (χ0n) is 16.7. The second kappa shape index (κ2) is 9.13. The maximum atomic E-state index is 13.1. The molecule has 1 amide bonds. The molecule has 160 valence electrons. The number of benzene rings is 1. The van der Waals surface area contributed by atoms with Gasteiger partial charge in [-0.1, -0.05) is 6.07 Å². The van der Waals surface area contributed by atoms with Crippen molar-refractivity contribution in [2.75, 3.05) is 38.0 Å². The van der Waals surface area contributed by atoms with Crippen LogP contribution in [0.1, 0.15) is 24.0 Å². The van der Waals surface area contributed by atoms with Gasteiger partial charge in [-0.25, -0.2) is 13.4 Å². The van der Waals surface area contributed by atoms with Crippen molar-refractivity contribution in [3.05, 3.63) is 52.1 Å². The topological polar surface area (TPSA) is 82.6 Å². The molecule has 7 nitrogen and oxygen atoms in total. The molecule has 1 N–H and O–H groups in total. The van der Waals surface area contributed by atoms with E-state index in [1.165, 1.54) is 21.9 Å². The molecule has 1 aromatic heterocycles. The number of hydrogen-bond acceptors (Lipinski definition) is 5. The smallest absolute Gasteiger partial charge is 0.243 e. The number of carbonyl (C=O) groups excluding carboxylic acids is 1. The number of aryl methyl sites for hydroxylation is 2. The Labute approximate surface area is 185 Å². The average Bonchev–Trinajstić information content (AvgIpc) is 2.75. The molecule has 4 rings (SSSR count). The van der Waals surface area contributed by atoms with E-state index in [1.54, 1.807) is 18.3 Å². The molecule has 2 heterocycles. The van der Waals surface area contributed by atoms with Crippen molar-refractivity contribution < 1.29 is 13.2 Å². The van der Waals surface area contributed by atoms with E-state index < -0.39 is 10.0 Å². The van der Waals surface area contributed by atoms with Crippen LogP contribution >= 0.6 is 15.9 Å². The van der Waals surface area contributed by atoms with E-state index in [4.69, 9.17) is 0 Å². The quantitative estimate of drug-likeness (QED) is 0.693. The Morgan fingerprint density at radius 1 is 1.03 bits per heavy atom. The molecule has 0 radical (unpaired) electrons. The Morgan fingerprint density at radius 2 is 1.77 bits per heavy atom. The second-order valence-electron chi connectivity index (χ2n) is 7.73. The lowest BCUT2D eigenvalue weighted by Gasteiger charge is -2.33. The Kier molecular flexibility index (Phi) is 6.52. The predicted molar refractivity (Wildman–Crippen MR) is 119 cm³/mol. The highest BCUT2D eigenvalue weighted by molar-refractivity contribution is 9.10. The predicted octanol–water partition coefficient (Wildman–Crippen LogP) is 2.67. The van der Waals surface area contributed by atoms with E-state index in [-0.39, 0.29) is 12.5 Å². The third-order valence-corrected chi connectivity index (χ3v) is 8.01. The van der Waals surface area contributed by atoms with Crippen LogP contribution in [0.15, 0.2) is 45.9 Å². The minimum absolute atomic E-state index is 0.157. The summed E-state index contributed by atoms with van der Waals surface area (Å²) in [5.41, 5.74) is 2.44. The molecule has 0 saturated carbocycles. The number of nitrogens with one attached hydrogen (secondary N) is 1. The molecule has 1 aromatic carbocycles. The van der Waals surface area contributed by atoms with Crippen LogP contribution in [0, 0.1) is 0 Å². The fourth-order valence-corrected chi connectivity index (χ4v) is 5.69. The van der Waals surface area contributed by atoms with Gasteiger partial charge in [-0.3, -0.25) is 9.69 Å². The zero-order chi connectivity index (χ0) is 21.1. The number of hydrogen-bond donors (Lipinski definition) is 1. The molecule has 1 aliphatic heterocycles. The summed E-state index contributed by atoms with van der Waals surface area (Å²) in [6.07, 6.45) is 5.90. The number of aromatic nitrogens is 1. The van der Waals surface area contributed by atoms with Crippen molar-refractivity contribution in [3.63, 3.8) is 0 Å². The Bertz CT molecular complexity index is 1020. The molecule has 9 heteroatoms. The Hall–Kier alpha value is -1.81. The van der Waals surface area contributed by atoms with Crippen molar-refractivity contribution >= 4 is 37.7 Å². The average molecular weight is 493 g/mol. The molecule has 1 saturated heterocycles. The second-order valence-corrected chi connectivity index (χ2v) is 10.6. The first-order chi connectivity index (χ1) is 14.4.